The van der Waals surface area contributed by atoms with E-state index in [0.29, 0.717) is 6.54 Å². The fourth-order valence-corrected chi connectivity index (χ4v) is 1.99. The highest BCUT2D eigenvalue weighted by Gasteiger charge is 2.02. The predicted molar refractivity (Wildman–Crippen MR) is 58.0 cm³/mol. The zero-order chi connectivity index (χ0) is 9.68. The maximum absolute atomic E-state index is 5.46. The van der Waals surface area contributed by atoms with Crippen LogP contribution in [-0.2, 0) is 12.8 Å². The monoisotopic (exact) mass is 198 g/mol. The Bertz CT molecular complexity index is 243. The van der Waals surface area contributed by atoms with Crippen molar-refractivity contribution in [2.24, 2.45) is 11.7 Å². The van der Waals surface area contributed by atoms with Gasteiger partial charge >= 0.3 is 0 Å². The third-order valence-corrected chi connectivity index (χ3v) is 2.89. The second-order valence-corrected chi connectivity index (χ2v) is 4.65. The highest BCUT2D eigenvalue weighted by Crippen LogP contribution is 2.14. The van der Waals surface area contributed by atoms with Crippen molar-refractivity contribution >= 4 is 11.3 Å². The molecule has 0 amide bonds. The van der Waals surface area contributed by atoms with Crippen LogP contribution < -0.4 is 5.73 Å². The van der Waals surface area contributed by atoms with E-state index in [4.69, 9.17) is 5.73 Å². The molecule has 0 saturated heterocycles. The average molecular weight is 198 g/mol. The van der Waals surface area contributed by atoms with Gasteiger partial charge in [0.2, 0.25) is 0 Å². The Morgan fingerprint density at radius 2 is 2.23 bits per heavy atom. The molecule has 2 N–H and O–H groups in total. The molecule has 2 nitrogen and oxygen atoms in total. The van der Waals surface area contributed by atoms with Gasteiger partial charge in [0, 0.05) is 11.8 Å². The smallest absolute Gasteiger partial charge is 0.0928 e. The lowest BCUT2D eigenvalue weighted by atomic mass is 10.1. The minimum Gasteiger partial charge on any atom is -0.330 e. The van der Waals surface area contributed by atoms with Crippen LogP contribution in [0.1, 0.15) is 31.0 Å². The van der Waals surface area contributed by atoms with Crippen molar-refractivity contribution in [3.05, 3.63) is 16.1 Å². The Kier molecular flexibility index (Phi) is 4.39. The fourth-order valence-electron chi connectivity index (χ4n) is 1.14. The molecule has 1 heterocycles. The molecule has 0 spiro atoms. The molecular weight excluding hydrogens is 180 g/mol. The van der Waals surface area contributed by atoms with Crippen LogP contribution in [0.5, 0.6) is 0 Å². The lowest BCUT2D eigenvalue weighted by Gasteiger charge is -2.00. The van der Waals surface area contributed by atoms with Gasteiger partial charge in [-0.05, 0) is 25.3 Å². The molecule has 13 heavy (non-hydrogen) atoms. The number of rotatable bonds is 5. The zero-order valence-electron chi connectivity index (χ0n) is 8.42. The van der Waals surface area contributed by atoms with Crippen LogP contribution in [-0.4, -0.2) is 11.5 Å². The van der Waals surface area contributed by atoms with E-state index < -0.39 is 0 Å². The Morgan fingerprint density at radius 1 is 1.46 bits per heavy atom. The van der Waals surface area contributed by atoms with Gasteiger partial charge in [0.25, 0.3) is 0 Å². The first-order valence-electron chi connectivity index (χ1n) is 4.85. The van der Waals surface area contributed by atoms with E-state index in [1.54, 1.807) is 11.3 Å². The summed E-state index contributed by atoms with van der Waals surface area (Å²) in [4.78, 5) is 4.51. The van der Waals surface area contributed by atoms with E-state index in [1.165, 1.54) is 11.4 Å². The van der Waals surface area contributed by atoms with Crippen molar-refractivity contribution in [1.29, 1.82) is 0 Å². The molecule has 0 aliphatic heterocycles. The SMILES string of the molecule is CC(C)CCc1nc(CCN)cs1. The van der Waals surface area contributed by atoms with Gasteiger partial charge in [0.1, 0.15) is 0 Å². The summed E-state index contributed by atoms with van der Waals surface area (Å²) in [6.45, 7) is 5.19. The number of hydrogen-bond donors (Lipinski definition) is 1. The quantitative estimate of drug-likeness (QED) is 0.788. The van der Waals surface area contributed by atoms with Crippen molar-refractivity contribution in [2.45, 2.75) is 33.1 Å². The van der Waals surface area contributed by atoms with Gasteiger partial charge in [0.15, 0.2) is 0 Å². The van der Waals surface area contributed by atoms with Crippen molar-refractivity contribution in [3.63, 3.8) is 0 Å². The third kappa shape index (κ3) is 3.87. The zero-order valence-corrected chi connectivity index (χ0v) is 9.23. The Morgan fingerprint density at radius 3 is 2.85 bits per heavy atom. The molecule has 0 aliphatic rings. The largest absolute Gasteiger partial charge is 0.330 e. The Labute approximate surface area is 84.2 Å². The maximum Gasteiger partial charge on any atom is 0.0928 e. The van der Waals surface area contributed by atoms with Crippen LogP contribution in [0, 0.1) is 5.92 Å². The van der Waals surface area contributed by atoms with Gasteiger partial charge in [-0.1, -0.05) is 13.8 Å². The molecule has 0 aromatic carbocycles. The molecule has 0 radical (unpaired) electrons. The number of aryl methyl sites for hydroxylation is 1. The molecule has 1 aromatic heterocycles. The summed E-state index contributed by atoms with van der Waals surface area (Å²) in [6, 6.07) is 0. The maximum atomic E-state index is 5.46. The molecule has 0 bridgehead atoms. The molecule has 0 atom stereocenters. The molecule has 3 heteroatoms. The highest BCUT2D eigenvalue weighted by molar-refractivity contribution is 7.09. The molecule has 0 fully saturated rings. The Hall–Kier alpha value is -0.410. The highest BCUT2D eigenvalue weighted by atomic mass is 32.1. The molecule has 0 aliphatic carbocycles. The second-order valence-electron chi connectivity index (χ2n) is 3.70. The topological polar surface area (TPSA) is 38.9 Å². The van der Waals surface area contributed by atoms with E-state index in [9.17, 15) is 0 Å². The number of nitrogens with zero attached hydrogens (tertiary/aromatic N) is 1. The van der Waals surface area contributed by atoms with Gasteiger partial charge in [0.05, 0.1) is 10.7 Å². The minimum atomic E-state index is 0.702. The first-order valence-corrected chi connectivity index (χ1v) is 5.73. The third-order valence-electron chi connectivity index (χ3n) is 1.94. The fraction of sp³-hybridized carbons (Fsp3) is 0.700. The molecule has 0 unspecified atom stereocenters. The summed E-state index contributed by atoms with van der Waals surface area (Å²) < 4.78 is 0. The van der Waals surface area contributed by atoms with Gasteiger partial charge in [-0.2, -0.15) is 0 Å². The lowest BCUT2D eigenvalue weighted by Crippen LogP contribution is -2.03. The number of nitrogens with two attached hydrogens (primary N) is 1. The van der Waals surface area contributed by atoms with E-state index in [2.05, 4.69) is 24.2 Å². The summed E-state index contributed by atoms with van der Waals surface area (Å²) >= 11 is 1.76. The number of aromatic nitrogens is 1. The average Bonchev–Trinajstić information content (AvgIpc) is 2.50. The van der Waals surface area contributed by atoms with Crippen LogP contribution in [0.15, 0.2) is 5.38 Å². The van der Waals surface area contributed by atoms with Crippen molar-refractivity contribution < 1.29 is 0 Å². The van der Waals surface area contributed by atoms with E-state index in [0.717, 1.165) is 24.5 Å². The normalized spacial score (nSPS) is 11.1. The van der Waals surface area contributed by atoms with Crippen LogP contribution in [0.25, 0.3) is 0 Å². The number of thiazole rings is 1. The first kappa shape index (κ1) is 10.7. The van der Waals surface area contributed by atoms with E-state index in [1.807, 2.05) is 0 Å². The summed E-state index contributed by atoms with van der Waals surface area (Å²) in [5.41, 5.74) is 6.62. The van der Waals surface area contributed by atoms with E-state index in [-0.39, 0.29) is 0 Å². The number of hydrogen-bond acceptors (Lipinski definition) is 3. The van der Waals surface area contributed by atoms with Crippen LogP contribution in [0.2, 0.25) is 0 Å². The predicted octanol–water partition coefficient (Wildman–Crippen LogP) is 2.23. The summed E-state index contributed by atoms with van der Waals surface area (Å²) in [5, 5.41) is 3.39. The summed E-state index contributed by atoms with van der Waals surface area (Å²) in [5.74, 6) is 0.766. The summed E-state index contributed by atoms with van der Waals surface area (Å²) in [6.07, 6.45) is 3.26. The first-order chi connectivity index (χ1) is 6.22. The second kappa shape index (κ2) is 5.35. The van der Waals surface area contributed by atoms with Crippen LogP contribution in [0.3, 0.4) is 0 Å². The van der Waals surface area contributed by atoms with Crippen molar-refractivity contribution in [2.75, 3.05) is 6.54 Å². The Balaban J connectivity index is 2.39. The van der Waals surface area contributed by atoms with E-state index >= 15 is 0 Å². The lowest BCUT2D eigenvalue weighted by molar-refractivity contribution is 0.585. The molecule has 74 valence electrons. The van der Waals surface area contributed by atoms with Gasteiger partial charge < -0.3 is 5.73 Å². The van der Waals surface area contributed by atoms with Gasteiger partial charge in [-0.15, -0.1) is 11.3 Å². The van der Waals surface area contributed by atoms with Crippen molar-refractivity contribution in [3.8, 4) is 0 Å². The molecular formula is C10H18N2S. The molecule has 1 rings (SSSR count). The van der Waals surface area contributed by atoms with Gasteiger partial charge in [-0.25, -0.2) is 4.98 Å². The van der Waals surface area contributed by atoms with Gasteiger partial charge in [-0.3, -0.25) is 0 Å². The minimum absolute atomic E-state index is 0.702. The van der Waals surface area contributed by atoms with Crippen LogP contribution in [0.4, 0.5) is 0 Å². The van der Waals surface area contributed by atoms with Crippen molar-refractivity contribution in [1.82, 2.24) is 4.98 Å². The molecule has 0 saturated carbocycles. The standard InChI is InChI=1S/C10H18N2S/c1-8(2)3-4-10-12-9(5-6-11)7-13-10/h7-8H,3-6,11H2,1-2H3. The summed E-state index contributed by atoms with van der Waals surface area (Å²) in [7, 11) is 0. The molecule has 1 aromatic rings. The van der Waals surface area contributed by atoms with Crippen LogP contribution >= 0.6 is 11.3 Å².